The van der Waals surface area contributed by atoms with Crippen LogP contribution in [0.2, 0.25) is 0 Å². The summed E-state index contributed by atoms with van der Waals surface area (Å²) in [7, 11) is 1.72. The third-order valence-electron chi connectivity index (χ3n) is 3.42. The van der Waals surface area contributed by atoms with E-state index in [0.717, 1.165) is 24.8 Å². The Labute approximate surface area is 109 Å². The molecule has 0 spiro atoms. The van der Waals surface area contributed by atoms with Crippen LogP contribution in [0.1, 0.15) is 30.9 Å². The van der Waals surface area contributed by atoms with Gasteiger partial charge in [0, 0.05) is 7.11 Å². The Morgan fingerprint density at radius 3 is 2.78 bits per heavy atom. The first-order valence-electron chi connectivity index (χ1n) is 6.50. The van der Waals surface area contributed by atoms with Gasteiger partial charge in [0.2, 0.25) is 0 Å². The van der Waals surface area contributed by atoms with E-state index in [-0.39, 0.29) is 12.2 Å². The third-order valence-corrected chi connectivity index (χ3v) is 3.42. The molecule has 3 atom stereocenters. The van der Waals surface area contributed by atoms with Crippen LogP contribution in [0.4, 0.5) is 0 Å². The zero-order valence-corrected chi connectivity index (χ0v) is 10.8. The van der Waals surface area contributed by atoms with Gasteiger partial charge in [0.25, 0.3) is 0 Å². The highest BCUT2D eigenvalue weighted by atomic mass is 16.5. The molecule has 3 nitrogen and oxygen atoms in total. The minimum atomic E-state index is -0.561. The summed E-state index contributed by atoms with van der Waals surface area (Å²) >= 11 is 0. The van der Waals surface area contributed by atoms with Crippen molar-refractivity contribution < 1.29 is 14.6 Å². The quantitative estimate of drug-likeness (QED) is 0.871. The van der Waals surface area contributed by atoms with Crippen LogP contribution in [0, 0.1) is 6.42 Å². The highest BCUT2D eigenvalue weighted by Crippen LogP contribution is 2.24. The Kier molecular flexibility index (Phi) is 5.17. The van der Waals surface area contributed by atoms with Crippen molar-refractivity contribution in [2.45, 2.75) is 37.6 Å². The zero-order valence-electron chi connectivity index (χ0n) is 10.8. The van der Waals surface area contributed by atoms with Crippen molar-refractivity contribution >= 4 is 0 Å². The number of hydrogen-bond acceptors (Lipinski definition) is 3. The van der Waals surface area contributed by atoms with E-state index < -0.39 is 6.10 Å². The van der Waals surface area contributed by atoms with E-state index in [1.54, 1.807) is 7.11 Å². The number of rotatable bonds is 5. The molecule has 0 heterocycles. The van der Waals surface area contributed by atoms with E-state index in [1.807, 2.05) is 30.3 Å². The second-order valence-corrected chi connectivity index (χ2v) is 4.67. The fourth-order valence-electron chi connectivity index (χ4n) is 2.33. The molecule has 1 aliphatic carbocycles. The van der Waals surface area contributed by atoms with Crippen LogP contribution in [0.15, 0.2) is 30.3 Å². The van der Waals surface area contributed by atoms with E-state index in [4.69, 9.17) is 9.47 Å². The van der Waals surface area contributed by atoms with E-state index in [9.17, 15) is 5.11 Å². The van der Waals surface area contributed by atoms with Crippen LogP contribution in [-0.2, 0) is 9.47 Å². The number of benzene rings is 1. The molecule has 3 unspecified atom stereocenters. The molecule has 18 heavy (non-hydrogen) atoms. The molecule has 1 fully saturated rings. The maximum Gasteiger partial charge on any atom is 0.102 e. The Balaban J connectivity index is 1.83. The van der Waals surface area contributed by atoms with Crippen LogP contribution in [0.3, 0.4) is 0 Å². The molecule has 1 N–H and O–H groups in total. The Morgan fingerprint density at radius 2 is 2.06 bits per heavy atom. The molecule has 1 radical (unpaired) electrons. The van der Waals surface area contributed by atoms with Gasteiger partial charge in [-0.25, -0.2) is 0 Å². The van der Waals surface area contributed by atoms with Crippen LogP contribution in [-0.4, -0.2) is 31.0 Å². The van der Waals surface area contributed by atoms with Gasteiger partial charge in [0.05, 0.1) is 18.8 Å². The number of methoxy groups -OCH3 is 1. The van der Waals surface area contributed by atoms with Gasteiger partial charge in [0.1, 0.15) is 6.10 Å². The second kappa shape index (κ2) is 6.88. The Hall–Kier alpha value is -0.900. The Bertz CT molecular complexity index is 339. The van der Waals surface area contributed by atoms with E-state index in [0.29, 0.717) is 6.61 Å². The topological polar surface area (TPSA) is 38.7 Å². The number of aliphatic hydroxyl groups is 1. The van der Waals surface area contributed by atoms with Crippen molar-refractivity contribution in [2.24, 2.45) is 0 Å². The van der Waals surface area contributed by atoms with Crippen LogP contribution < -0.4 is 0 Å². The summed E-state index contributed by atoms with van der Waals surface area (Å²) in [5, 5.41) is 10.0. The predicted octanol–water partition coefficient (Wildman–Crippen LogP) is 2.51. The molecule has 2 rings (SSSR count). The summed E-state index contributed by atoms with van der Waals surface area (Å²) in [6.07, 6.45) is 4.87. The molecule has 1 aromatic rings. The monoisotopic (exact) mass is 249 g/mol. The molecular formula is C15H21O3. The highest BCUT2D eigenvalue weighted by molar-refractivity contribution is 5.17. The standard InChI is InChI=1S/C15H21O3/c1-17-14-9-5-6-10-15(14)18-11-13(16)12-7-3-2-4-8-12/h2-5,7-8,13-16H,6,9-11H2,1H3. The van der Waals surface area contributed by atoms with Gasteiger partial charge in [-0.05, 0) is 31.2 Å². The molecular weight excluding hydrogens is 228 g/mol. The lowest BCUT2D eigenvalue weighted by molar-refractivity contribution is -0.0901. The van der Waals surface area contributed by atoms with Gasteiger partial charge in [-0.1, -0.05) is 30.3 Å². The maximum atomic E-state index is 10.0. The minimum absolute atomic E-state index is 0.0957. The van der Waals surface area contributed by atoms with Gasteiger partial charge >= 0.3 is 0 Å². The molecule has 0 aliphatic heterocycles. The highest BCUT2D eigenvalue weighted by Gasteiger charge is 2.26. The first-order chi connectivity index (χ1) is 8.81. The lowest BCUT2D eigenvalue weighted by atomic mass is 9.94. The number of ether oxygens (including phenoxy) is 2. The van der Waals surface area contributed by atoms with Crippen molar-refractivity contribution in [3.63, 3.8) is 0 Å². The molecule has 99 valence electrons. The molecule has 1 saturated carbocycles. The van der Waals surface area contributed by atoms with Crippen molar-refractivity contribution in [1.82, 2.24) is 0 Å². The lowest BCUT2D eigenvalue weighted by Crippen LogP contribution is -2.35. The lowest BCUT2D eigenvalue weighted by Gasteiger charge is -2.30. The van der Waals surface area contributed by atoms with E-state index in [1.165, 1.54) is 0 Å². The van der Waals surface area contributed by atoms with Crippen molar-refractivity contribution in [1.29, 1.82) is 0 Å². The van der Waals surface area contributed by atoms with E-state index >= 15 is 0 Å². The smallest absolute Gasteiger partial charge is 0.102 e. The molecule has 3 heteroatoms. The van der Waals surface area contributed by atoms with E-state index in [2.05, 4.69) is 6.42 Å². The average molecular weight is 249 g/mol. The maximum absolute atomic E-state index is 10.0. The number of hydrogen-bond donors (Lipinski definition) is 1. The summed E-state index contributed by atoms with van der Waals surface area (Å²) < 4.78 is 11.2. The van der Waals surface area contributed by atoms with Crippen LogP contribution in [0.25, 0.3) is 0 Å². The fraction of sp³-hybridized carbons (Fsp3) is 0.533. The van der Waals surface area contributed by atoms with Gasteiger partial charge in [-0.2, -0.15) is 0 Å². The fourth-order valence-corrected chi connectivity index (χ4v) is 2.33. The summed E-state index contributed by atoms with van der Waals surface area (Å²) in [6, 6.07) is 9.61. The molecule has 0 saturated heterocycles. The predicted molar refractivity (Wildman–Crippen MR) is 70.1 cm³/mol. The third kappa shape index (κ3) is 3.55. The van der Waals surface area contributed by atoms with Crippen molar-refractivity contribution in [3.05, 3.63) is 42.3 Å². The Morgan fingerprint density at radius 1 is 1.28 bits per heavy atom. The summed E-state index contributed by atoms with van der Waals surface area (Å²) in [4.78, 5) is 0. The van der Waals surface area contributed by atoms with Crippen LogP contribution >= 0.6 is 0 Å². The molecule has 0 bridgehead atoms. The average Bonchev–Trinajstić information content (AvgIpc) is 2.46. The SMILES string of the molecule is COC1C[CH]CCC1OCC(O)c1ccccc1. The van der Waals surface area contributed by atoms with Gasteiger partial charge < -0.3 is 14.6 Å². The first kappa shape index (κ1) is 13.5. The molecule has 0 amide bonds. The van der Waals surface area contributed by atoms with Gasteiger partial charge in [0.15, 0.2) is 0 Å². The first-order valence-corrected chi connectivity index (χ1v) is 6.50. The summed E-state index contributed by atoms with van der Waals surface area (Å²) in [6.45, 7) is 0.328. The summed E-state index contributed by atoms with van der Waals surface area (Å²) in [5.74, 6) is 0. The molecule has 1 aromatic carbocycles. The van der Waals surface area contributed by atoms with Crippen LogP contribution in [0.5, 0.6) is 0 Å². The minimum Gasteiger partial charge on any atom is -0.386 e. The van der Waals surface area contributed by atoms with Gasteiger partial charge in [-0.15, -0.1) is 0 Å². The normalized spacial score (nSPS) is 25.9. The molecule has 0 aromatic heterocycles. The summed E-state index contributed by atoms with van der Waals surface area (Å²) in [5.41, 5.74) is 0.897. The van der Waals surface area contributed by atoms with Crippen molar-refractivity contribution in [3.8, 4) is 0 Å². The zero-order chi connectivity index (χ0) is 12.8. The molecule has 1 aliphatic rings. The van der Waals surface area contributed by atoms with Crippen molar-refractivity contribution in [2.75, 3.05) is 13.7 Å². The second-order valence-electron chi connectivity index (χ2n) is 4.67. The largest absolute Gasteiger partial charge is 0.386 e. The van der Waals surface area contributed by atoms with Gasteiger partial charge in [-0.3, -0.25) is 0 Å². The number of aliphatic hydroxyl groups excluding tert-OH is 1.